The smallest absolute Gasteiger partial charge is 0.230 e. The predicted octanol–water partition coefficient (Wildman–Crippen LogP) is 3.22. The summed E-state index contributed by atoms with van der Waals surface area (Å²) in [5.74, 6) is 0.0249. The van der Waals surface area contributed by atoms with Gasteiger partial charge in [0.25, 0.3) is 0 Å². The van der Waals surface area contributed by atoms with Crippen molar-refractivity contribution in [1.82, 2.24) is 4.98 Å². The van der Waals surface area contributed by atoms with Crippen LogP contribution in [0.25, 0.3) is 0 Å². The number of pyridine rings is 1. The number of carbonyl (C=O) groups is 1. The summed E-state index contributed by atoms with van der Waals surface area (Å²) < 4.78 is 0.797. The van der Waals surface area contributed by atoms with Gasteiger partial charge in [0.15, 0.2) is 0 Å². The Kier molecular flexibility index (Phi) is 3.85. The summed E-state index contributed by atoms with van der Waals surface area (Å²) in [6.07, 6.45) is 4.12. The molecule has 0 aromatic carbocycles. The van der Waals surface area contributed by atoms with Crippen molar-refractivity contribution in [3.05, 3.63) is 22.9 Å². The summed E-state index contributed by atoms with van der Waals surface area (Å²) in [4.78, 5) is 15.8. The fourth-order valence-corrected chi connectivity index (χ4v) is 1.28. The fraction of sp³-hybridized carbons (Fsp3) is 0.455. The lowest BCUT2D eigenvalue weighted by atomic mass is 9.89. The zero-order valence-corrected chi connectivity index (χ0v) is 10.8. The number of carbonyl (C=O) groups excluding carboxylic acids is 1. The molecule has 3 nitrogen and oxygen atoms in total. The van der Waals surface area contributed by atoms with E-state index in [1.807, 2.05) is 20.8 Å². The van der Waals surface area contributed by atoms with Gasteiger partial charge in [-0.3, -0.25) is 9.78 Å². The summed E-state index contributed by atoms with van der Waals surface area (Å²) in [7, 11) is 0. The Morgan fingerprint density at radius 2 is 2.27 bits per heavy atom. The van der Waals surface area contributed by atoms with Crippen LogP contribution in [0.3, 0.4) is 0 Å². The Morgan fingerprint density at radius 3 is 2.80 bits per heavy atom. The van der Waals surface area contributed by atoms with Gasteiger partial charge in [0.1, 0.15) is 0 Å². The first-order chi connectivity index (χ1) is 6.97. The highest BCUT2D eigenvalue weighted by atomic mass is 79.9. The van der Waals surface area contributed by atoms with Crippen molar-refractivity contribution < 1.29 is 4.79 Å². The zero-order chi connectivity index (χ0) is 11.5. The summed E-state index contributed by atoms with van der Waals surface area (Å²) in [5, 5.41) is 2.88. The highest BCUT2D eigenvalue weighted by molar-refractivity contribution is 9.10. The van der Waals surface area contributed by atoms with Crippen LogP contribution in [0.5, 0.6) is 0 Å². The van der Waals surface area contributed by atoms with Gasteiger partial charge in [0, 0.05) is 17.8 Å². The molecule has 0 aliphatic rings. The Bertz CT molecular complexity index is 363. The van der Waals surface area contributed by atoms with Crippen LogP contribution in [0, 0.1) is 5.41 Å². The number of hydrogen-bond acceptors (Lipinski definition) is 2. The molecule has 0 spiro atoms. The Morgan fingerprint density at radius 1 is 1.60 bits per heavy atom. The summed E-state index contributed by atoms with van der Waals surface area (Å²) in [6, 6.07) is 1.77. The van der Waals surface area contributed by atoms with Crippen LogP contribution in [0.2, 0.25) is 0 Å². The number of anilines is 1. The molecule has 1 rings (SSSR count). The normalized spacial score (nSPS) is 11.2. The second-order valence-corrected chi connectivity index (χ2v) is 4.90. The third-order valence-corrected chi connectivity index (χ3v) is 3.15. The highest BCUT2D eigenvalue weighted by Crippen LogP contribution is 2.25. The summed E-state index contributed by atoms with van der Waals surface area (Å²) in [5.41, 5.74) is 0.416. The van der Waals surface area contributed by atoms with Gasteiger partial charge >= 0.3 is 0 Å². The van der Waals surface area contributed by atoms with Crippen LogP contribution < -0.4 is 5.32 Å². The van der Waals surface area contributed by atoms with Gasteiger partial charge in [0.05, 0.1) is 10.2 Å². The third-order valence-electron chi connectivity index (χ3n) is 2.52. The van der Waals surface area contributed by atoms with E-state index in [4.69, 9.17) is 0 Å². The van der Waals surface area contributed by atoms with E-state index in [-0.39, 0.29) is 11.3 Å². The number of rotatable bonds is 3. The first kappa shape index (κ1) is 12.2. The molecule has 0 unspecified atom stereocenters. The molecular weight excluding hydrogens is 256 g/mol. The largest absolute Gasteiger partial charge is 0.325 e. The Labute approximate surface area is 98.4 Å². The second-order valence-electron chi connectivity index (χ2n) is 4.05. The van der Waals surface area contributed by atoms with E-state index in [0.717, 1.165) is 16.6 Å². The van der Waals surface area contributed by atoms with Gasteiger partial charge in [0.2, 0.25) is 5.91 Å². The number of amides is 1. The van der Waals surface area contributed by atoms with Crippen LogP contribution in [0.1, 0.15) is 27.2 Å². The molecule has 0 fully saturated rings. The molecule has 0 atom stereocenters. The predicted molar refractivity (Wildman–Crippen MR) is 64.6 cm³/mol. The number of hydrogen-bond donors (Lipinski definition) is 1. The molecule has 0 aliphatic heterocycles. The number of nitrogens with zero attached hydrogens (tertiary/aromatic N) is 1. The first-order valence-corrected chi connectivity index (χ1v) is 5.67. The quantitative estimate of drug-likeness (QED) is 0.917. The minimum atomic E-state index is -0.345. The van der Waals surface area contributed by atoms with Crippen molar-refractivity contribution in [2.24, 2.45) is 5.41 Å². The Balaban J connectivity index is 2.80. The minimum absolute atomic E-state index is 0.0249. The molecule has 1 heterocycles. The van der Waals surface area contributed by atoms with E-state index < -0.39 is 0 Å². The maximum absolute atomic E-state index is 11.9. The molecule has 0 saturated heterocycles. The van der Waals surface area contributed by atoms with Gasteiger partial charge in [-0.1, -0.05) is 20.8 Å². The lowest BCUT2D eigenvalue weighted by Crippen LogP contribution is -2.30. The molecule has 1 N–H and O–H groups in total. The zero-order valence-electron chi connectivity index (χ0n) is 9.17. The standard InChI is InChI=1S/C11H15BrN2O/c1-4-11(2,3)10(15)14-9-5-6-13-7-8(9)12/h5-7H,4H2,1-3H3,(H,13,14,15). The van der Waals surface area contributed by atoms with E-state index in [0.29, 0.717) is 0 Å². The molecule has 4 heteroatoms. The van der Waals surface area contributed by atoms with Crippen molar-refractivity contribution in [1.29, 1.82) is 0 Å². The summed E-state index contributed by atoms with van der Waals surface area (Å²) in [6.45, 7) is 5.86. The van der Waals surface area contributed by atoms with Gasteiger partial charge in [-0.15, -0.1) is 0 Å². The first-order valence-electron chi connectivity index (χ1n) is 4.88. The average molecular weight is 271 g/mol. The van der Waals surface area contributed by atoms with Crippen molar-refractivity contribution in [2.45, 2.75) is 27.2 Å². The maximum Gasteiger partial charge on any atom is 0.230 e. The van der Waals surface area contributed by atoms with Crippen LogP contribution in [-0.2, 0) is 4.79 Å². The number of aromatic nitrogens is 1. The van der Waals surface area contributed by atoms with Crippen molar-refractivity contribution in [2.75, 3.05) is 5.32 Å². The molecular formula is C11H15BrN2O. The average Bonchev–Trinajstić information content (AvgIpc) is 2.21. The molecule has 82 valence electrons. The molecule has 0 radical (unpaired) electrons. The van der Waals surface area contributed by atoms with E-state index in [1.54, 1.807) is 18.5 Å². The molecule has 0 saturated carbocycles. The van der Waals surface area contributed by atoms with Crippen molar-refractivity contribution in [3.63, 3.8) is 0 Å². The van der Waals surface area contributed by atoms with Gasteiger partial charge in [-0.05, 0) is 28.4 Å². The van der Waals surface area contributed by atoms with Gasteiger partial charge in [-0.2, -0.15) is 0 Å². The lowest BCUT2D eigenvalue weighted by Gasteiger charge is -2.21. The maximum atomic E-state index is 11.9. The van der Waals surface area contributed by atoms with Crippen LogP contribution in [0.15, 0.2) is 22.9 Å². The van der Waals surface area contributed by atoms with E-state index in [2.05, 4.69) is 26.2 Å². The number of nitrogens with one attached hydrogen (secondary N) is 1. The topological polar surface area (TPSA) is 42.0 Å². The van der Waals surface area contributed by atoms with E-state index in [1.165, 1.54) is 0 Å². The van der Waals surface area contributed by atoms with E-state index >= 15 is 0 Å². The van der Waals surface area contributed by atoms with Crippen LogP contribution in [-0.4, -0.2) is 10.9 Å². The third kappa shape index (κ3) is 3.02. The SMILES string of the molecule is CCC(C)(C)C(=O)Nc1ccncc1Br. The molecule has 15 heavy (non-hydrogen) atoms. The monoisotopic (exact) mass is 270 g/mol. The lowest BCUT2D eigenvalue weighted by molar-refractivity contribution is -0.124. The fourth-order valence-electron chi connectivity index (χ4n) is 0.929. The highest BCUT2D eigenvalue weighted by Gasteiger charge is 2.25. The molecule has 1 amide bonds. The molecule has 1 aromatic rings. The Hall–Kier alpha value is -0.900. The number of halogens is 1. The molecule has 0 aliphatic carbocycles. The molecule has 0 bridgehead atoms. The van der Waals surface area contributed by atoms with Crippen LogP contribution in [0.4, 0.5) is 5.69 Å². The van der Waals surface area contributed by atoms with Crippen LogP contribution >= 0.6 is 15.9 Å². The van der Waals surface area contributed by atoms with Gasteiger partial charge in [-0.25, -0.2) is 0 Å². The van der Waals surface area contributed by atoms with Gasteiger partial charge < -0.3 is 5.32 Å². The van der Waals surface area contributed by atoms with E-state index in [9.17, 15) is 4.79 Å². The molecule has 1 aromatic heterocycles. The minimum Gasteiger partial charge on any atom is -0.325 e. The summed E-state index contributed by atoms with van der Waals surface area (Å²) >= 11 is 3.34. The van der Waals surface area contributed by atoms with Crippen molar-refractivity contribution in [3.8, 4) is 0 Å². The second kappa shape index (κ2) is 4.75. The van der Waals surface area contributed by atoms with Crippen molar-refractivity contribution >= 4 is 27.5 Å².